The number of rotatable bonds is 3. The van der Waals surface area contributed by atoms with Crippen LogP contribution in [0.4, 0.5) is 0 Å². The zero-order chi connectivity index (χ0) is 19.5. The smallest absolute Gasteiger partial charge is 0.316 e. The van der Waals surface area contributed by atoms with Gasteiger partial charge in [0, 0.05) is 35.2 Å². The number of hydrogen-bond donors (Lipinski definition) is 0. The first-order chi connectivity index (χ1) is 13.6. The predicted octanol–water partition coefficient (Wildman–Crippen LogP) is 4.63. The van der Waals surface area contributed by atoms with Crippen LogP contribution in [-0.2, 0) is 16.1 Å². The van der Waals surface area contributed by atoms with Gasteiger partial charge in [-0.15, -0.1) is 0 Å². The Balaban J connectivity index is 1.70. The highest BCUT2D eigenvalue weighted by atomic mass is 35.5. The lowest BCUT2D eigenvalue weighted by Crippen LogP contribution is -2.40. The fraction of sp³-hybridized carbons (Fsp3) is 0.348. The molecule has 144 valence electrons. The molecule has 3 heterocycles. The van der Waals surface area contributed by atoms with Crippen LogP contribution in [-0.4, -0.2) is 35.6 Å². The fourth-order valence-corrected chi connectivity index (χ4v) is 5.53. The number of benzene rings is 2. The molecule has 1 saturated heterocycles. The molecule has 0 radical (unpaired) electrons. The number of carbonyl (C=O) groups is 1. The van der Waals surface area contributed by atoms with Gasteiger partial charge in [-0.2, -0.15) is 0 Å². The molecule has 4 nitrogen and oxygen atoms in total. The lowest BCUT2D eigenvalue weighted by molar-refractivity contribution is -0.157. The summed E-state index contributed by atoms with van der Waals surface area (Å²) in [6.45, 7) is 3.72. The maximum atomic E-state index is 13.5. The topological polar surface area (TPSA) is 34.5 Å². The van der Waals surface area contributed by atoms with Crippen LogP contribution >= 0.6 is 11.6 Å². The quantitative estimate of drug-likeness (QED) is 0.607. The summed E-state index contributed by atoms with van der Waals surface area (Å²) in [6.07, 6.45) is 0. The monoisotopic (exact) mass is 394 g/mol. The first-order valence-electron chi connectivity index (χ1n) is 9.77. The third kappa shape index (κ3) is 2.31. The second kappa shape index (κ2) is 6.36. The van der Waals surface area contributed by atoms with Crippen LogP contribution in [0.1, 0.15) is 30.1 Å². The molecule has 3 aromatic rings. The fourth-order valence-electron chi connectivity index (χ4n) is 5.40. The average molecular weight is 395 g/mol. The third-order valence-electron chi connectivity index (χ3n) is 6.49. The molecule has 28 heavy (non-hydrogen) atoms. The van der Waals surface area contributed by atoms with Crippen LogP contribution in [0.3, 0.4) is 0 Å². The van der Waals surface area contributed by atoms with Crippen LogP contribution in [0, 0.1) is 5.41 Å². The average Bonchev–Trinajstić information content (AvgIpc) is 3.29. The van der Waals surface area contributed by atoms with Crippen molar-refractivity contribution in [3.63, 3.8) is 0 Å². The summed E-state index contributed by atoms with van der Waals surface area (Å²) < 4.78 is 7.98. The van der Waals surface area contributed by atoms with Crippen molar-refractivity contribution in [3.8, 4) is 0 Å². The highest BCUT2D eigenvalue weighted by Crippen LogP contribution is 2.60. The number of fused-ring (bicyclic) bond motifs is 5. The van der Waals surface area contributed by atoms with E-state index in [1.807, 2.05) is 19.1 Å². The van der Waals surface area contributed by atoms with Gasteiger partial charge in [-0.3, -0.25) is 9.69 Å². The molecule has 3 atom stereocenters. The molecule has 0 N–H and O–H groups in total. The Labute approximate surface area is 169 Å². The lowest BCUT2D eigenvalue weighted by atomic mass is 9.71. The number of esters is 1. The molecule has 0 bridgehead atoms. The zero-order valence-electron chi connectivity index (χ0n) is 16.1. The van der Waals surface area contributed by atoms with E-state index in [1.165, 1.54) is 16.6 Å². The summed E-state index contributed by atoms with van der Waals surface area (Å²) in [5.41, 5.74) is 2.90. The molecule has 1 aromatic heterocycles. The molecule has 2 aliphatic heterocycles. The number of para-hydroxylation sites is 1. The van der Waals surface area contributed by atoms with Crippen molar-refractivity contribution in [1.29, 1.82) is 0 Å². The van der Waals surface area contributed by atoms with E-state index in [-0.39, 0.29) is 17.9 Å². The van der Waals surface area contributed by atoms with Gasteiger partial charge in [0.25, 0.3) is 0 Å². The Kier molecular flexibility index (Phi) is 4.04. The summed E-state index contributed by atoms with van der Waals surface area (Å²) in [5, 5.41) is 1.93. The second-order valence-corrected chi connectivity index (χ2v) is 8.36. The van der Waals surface area contributed by atoms with Crippen molar-refractivity contribution >= 4 is 28.5 Å². The van der Waals surface area contributed by atoms with Crippen molar-refractivity contribution in [2.45, 2.75) is 25.4 Å². The number of nitrogens with zero attached hydrogens (tertiary/aromatic N) is 2. The molecule has 2 aromatic carbocycles. The van der Waals surface area contributed by atoms with Gasteiger partial charge in [-0.25, -0.2) is 0 Å². The van der Waals surface area contributed by atoms with Gasteiger partial charge >= 0.3 is 5.97 Å². The van der Waals surface area contributed by atoms with E-state index in [2.05, 4.69) is 59.0 Å². The van der Waals surface area contributed by atoms with Crippen molar-refractivity contribution in [1.82, 2.24) is 9.47 Å². The number of halogens is 1. The Morgan fingerprint density at radius 2 is 1.96 bits per heavy atom. The zero-order valence-corrected chi connectivity index (χ0v) is 16.8. The molecular formula is C23H23ClN2O2. The van der Waals surface area contributed by atoms with Crippen molar-refractivity contribution in [2.75, 3.05) is 20.2 Å². The van der Waals surface area contributed by atoms with E-state index in [1.54, 1.807) is 0 Å². The molecule has 0 amide bonds. The van der Waals surface area contributed by atoms with Crippen LogP contribution < -0.4 is 0 Å². The third-order valence-corrected chi connectivity index (χ3v) is 6.74. The highest BCUT2D eigenvalue weighted by Gasteiger charge is 2.64. The Hall–Kier alpha value is -2.30. The van der Waals surface area contributed by atoms with E-state index in [0.29, 0.717) is 18.2 Å². The first-order valence-corrected chi connectivity index (χ1v) is 10.1. The van der Waals surface area contributed by atoms with Crippen molar-refractivity contribution < 1.29 is 9.53 Å². The second-order valence-electron chi connectivity index (χ2n) is 7.92. The minimum absolute atomic E-state index is 0.000344. The van der Waals surface area contributed by atoms with Gasteiger partial charge in [-0.1, -0.05) is 41.9 Å². The summed E-state index contributed by atoms with van der Waals surface area (Å²) in [5.74, 6) is -0.0467. The number of ether oxygens (including phenoxy) is 1. The summed E-state index contributed by atoms with van der Waals surface area (Å²) in [6, 6.07) is 18.6. The van der Waals surface area contributed by atoms with Gasteiger partial charge < -0.3 is 9.30 Å². The molecular weight excluding hydrogens is 372 g/mol. The maximum Gasteiger partial charge on any atom is 0.316 e. The van der Waals surface area contributed by atoms with Crippen LogP contribution in [0.25, 0.3) is 10.9 Å². The SMILES string of the molecule is CCOC(=O)C12Cn3c(cc4ccccc43)C1N(C)CC2c1ccc(Cl)cc1. The van der Waals surface area contributed by atoms with Crippen LogP contribution in [0.5, 0.6) is 0 Å². The first kappa shape index (κ1) is 17.8. The molecule has 0 saturated carbocycles. The summed E-state index contributed by atoms with van der Waals surface area (Å²) in [4.78, 5) is 15.8. The van der Waals surface area contributed by atoms with Gasteiger partial charge in [-0.05, 0) is 49.2 Å². The number of likely N-dealkylation sites (N-methyl/N-ethyl adjacent to an activating group) is 1. The Morgan fingerprint density at radius 3 is 2.71 bits per heavy atom. The maximum absolute atomic E-state index is 13.5. The largest absolute Gasteiger partial charge is 0.465 e. The van der Waals surface area contributed by atoms with Crippen LogP contribution in [0.2, 0.25) is 5.02 Å². The van der Waals surface area contributed by atoms with Gasteiger partial charge in [0.1, 0.15) is 5.41 Å². The molecule has 2 aliphatic rings. The standard InChI is InChI=1S/C23H23ClN2O2/c1-3-28-22(27)23-14-26-19-7-5-4-6-16(19)12-20(26)21(23)25(2)13-18(23)15-8-10-17(24)11-9-15/h4-12,18,21H,3,13-14H2,1-2H3. The predicted molar refractivity (Wildman–Crippen MR) is 111 cm³/mol. The minimum Gasteiger partial charge on any atom is -0.465 e. The van der Waals surface area contributed by atoms with Crippen LogP contribution in [0.15, 0.2) is 54.6 Å². The van der Waals surface area contributed by atoms with E-state index >= 15 is 0 Å². The van der Waals surface area contributed by atoms with E-state index in [0.717, 1.165) is 12.1 Å². The highest BCUT2D eigenvalue weighted by molar-refractivity contribution is 6.30. The van der Waals surface area contributed by atoms with E-state index in [4.69, 9.17) is 16.3 Å². The van der Waals surface area contributed by atoms with Gasteiger partial charge in [0.15, 0.2) is 0 Å². The van der Waals surface area contributed by atoms with Gasteiger partial charge in [0.2, 0.25) is 0 Å². The summed E-state index contributed by atoms with van der Waals surface area (Å²) >= 11 is 6.12. The van der Waals surface area contributed by atoms with Gasteiger partial charge in [0.05, 0.1) is 12.6 Å². The molecule has 1 fully saturated rings. The Morgan fingerprint density at radius 1 is 1.21 bits per heavy atom. The Bertz CT molecular complexity index is 1060. The number of hydrogen-bond acceptors (Lipinski definition) is 3. The minimum atomic E-state index is -0.627. The molecule has 0 aliphatic carbocycles. The summed E-state index contributed by atoms with van der Waals surface area (Å²) in [7, 11) is 2.11. The molecule has 3 unspecified atom stereocenters. The van der Waals surface area contributed by atoms with E-state index in [9.17, 15) is 4.79 Å². The number of carbonyl (C=O) groups excluding carboxylic acids is 1. The normalized spacial score (nSPS) is 26.4. The van der Waals surface area contributed by atoms with E-state index < -0.39 is 5.41 Å². The number of aromatic nitrogens is 1. The number of likely N-dealkylation sites (tertiary alicyclic amines) is 1. The van der Waals surface area contributed by atoms with Crippen molar-refractivity contribution in [3.05, 3.63) is 70.9 Å². The molecule has 5 heteroatoms. The molecule has 5 rings (SSSR count). The lowest BCUT2D eigenvalue weighted by Gasteiger charge is -2.32. The molecule has 0 spiro atoms. The van der Waals surface area contributed by atoms with Crippen molar-refractivity contribution in [2.24, 2.45) is 5.41 Å².